The van der Waals surface area contributed by atoms with E-state index in [2.05, 4.69) is 15.4 Å². The molecule has 1 aliphatic heterocycles. The van der Waals surface area contributed by atoms with Gasteiger partial charge in [-0.25, -0.2) is 22.6 Å². The first-order valence-corrected chi connectivity index (χ1v) is 15.2. The minimum Gasteiger partial charge on any atom is -0.493 e. The summed E-state index contributed by atoms with van der Waals surface area (Å²) in [4.78, 5) is 17.8. The van der Waals surface area contributed by atoms with Gasteiger partial charge in [0, 0.05) is 43.5 Å². The Kier molecular flexibility index (Phi) is 7.59. The summed E-state index contributed by atoms with van der Waals surface area (Å²) in [6.45, 7) is 2.66. The number of nitrogens with zero attached hydrogens (tertiary/aromatic N) is 6. The van der Waals surface area contributed by atoms with Crippen LogP contribution in [0.1, 0.15) is 40.4 Å². The van der Waals surface area contributed by atoms with Crippen LogP contribution in [0.5, 0.6) is 11.5 Å². The summed E-state index contributed by atoms with van der Waals surface area (Å²) in [6, 6.07) is 16.1. The summed E-state index contributed by atoms with van der Waals surface area (Å²) in [7, 11) is -0.755. The van der Waals surface area contributed by atoms with E-state index < -0.39 is 10.0 Å². The zero-order chi connectivity index (χ0) is 30.1. The van der Waals surface area contributed by atoms with E-state index in [0.29, 0.717) is 54.5 Å². The second-order valence-corrected chi connectivity index (χ2v) is 12.2. The maximum atomic E-state index is 13.4. The van der Waals surface area contributed by atoms with Crippen molar-refractivity contribution in [3.05, 3.63) is 90.0 Å². The number of piperidine rings is 1. The van der Waals surface area contributed by atoms with Crippen LogP contribution in [0.15, 0.2) is 78.1 Å². The molecule has 0 aliphatic carbocycles. The Hall–Kier alpha value is -4.75. The van der Waals surface area contributed by atoms with Crippen LogP contribution in [-0.2, 0) is 10.0 Å². The van der Waals surface area contributed by atoms with Crippen LogP contribution in [0.2, 0.25) is 0 Å². The molecule has 0 saturated carbocycles. The number of aryl methyl sites for hydroxylation is 1. The van der Waals surface area contributed by atoms with Gasteiger partial charge in [0.25, 0.3) is 5.91 Å². The Balaban J connectivity index is 1.24. The normalized spacial score (nSPS) is 14.6. The first-order chi connectivity index (χ1) is 20.8. The van der Waals surface area contributed by atoms with Crippen LogP contribution in [0.4, 0.5) is 5.82 Å². The number of benzene rings is 2. The molecule has 12 nitrogen and oxygen atoms in total. The van der Waals surface area contributed by atoms with Crippen molar-refractivity contribution in [3.8, 4) is 17.2 Å². The van der Waals surface area contributed by atoms with Crippen LogP contribution in [0.3, 0.4) is 0 Å². The second kappa shape index (κ2) is 11.5. The summed E-state index contributed by atoms with van der Waals surface area (Å²) in [5, 5.41) is 12.1. The number of fused-ring (bicyclic) bond motifs is 1. The highest BCUT2D eigenvalue weighted by molar-refractivity contribution is 7.89. The largest absolute Gasteiger partial charge is 0.493 e. The third kappa shape index (κ3) is 5.44. The lowest BCUT2D eigenvalue weighted by atomic mass is 9.95. The highest BCUT2D eigenvalue weighted by Gasteiger charge is 2.32. The van der Waals surface area contributed by atoms with Gasteiger partial charge >= 0.3 is 0 Å². The van der Waals surface area contributed by atoms with Crippen molar-refractivity contribution in [2.45, 2.75) is 30.6 Å². The summed E-state index contributed by atoms with van der Waals surface area (Å²) >= 11 is 0. The van der Waals surface area contributed by atoms with E-state index >= 15 is 0 Å². The molecule has 3 aromatic heterocycles. The molecule has 0 radical (unpaired) electrons. The van der Waals surface area contributed by atoms with Crippen molar-refractivity contribution >= 4 is 27.4 Å². The quantitative estimate of drug-likeness (QED) is 0.282. The third-order valence-corrected chi connectivity index (χ3v) is 9.53. The average Bonchev–Trinajstić information content (AvgIpc) is 3.66. The molecule has 1 saturated heterocycles. The average molecular weight is 602 g/mol. The van der Waals surface area contributed by atoms with Crippen molar-refractivity contribution in [2.75, 3.05) is 32.6 Å². The molecular formula is C30H31N7O5S. The molecule has 2 aromatic carbocycles. The number of sulfonamides is 1. The van der Waals surface area contributed by atoms with Crippen LogP contribution in [0.25, 0.3) is 11.3 Å². The highest BCUT2D eigenvalue weighted by Crippen LogP contribution is 2.35. The smallest absolute Gasteiger partial charge is 0.262 e. The maximum absolute atomic E-state index is 13.4. The van der Waals surface area contributed by atoms with Crippen LogP contribution in [-0.4, -0.2) is 70.3 Å². The van der Waals surface area contributed by atoms with Gasteiger partial charge in [-0.2, -0.15) is 14.5 Å². The topological polar surface area (TPSA) is 133 Å². The zero-order valence-corrected chi connectivity index (χ0v) is 24.8. The van der Waals surface area contributed by atoms with Crippen molar-refractivity contribution in [3.63, 3.8) is 0 Å². The number of carbonyl (C=O) groups excluding carboxylic acids is 1. The fraction of sp³-hybridized carbons (Fsp3) is 0.267. The van der Waals surface area contributed by atoms with Gasteiger partial charge < -0.3 is 14.8 Å². The molecule has 0 unspecified atom stereocenters. The molecule has 6 rings (SSSR count). The molecule has 0 bridgehead atoms. The number of carbonyl (C=O) groups is 1. The molecular weight excluding hydrogens is 570 g/mol. The van der Waals surface area contributed by atoms with Crippen LogP contribution in [0, 0.1) is 6.92 Å². The number of methoxy groups -OCH3 is 2. The molecule has 0 spiro atoms. The molecule has 1 N–H and O–H groups in total. The van der Waals surface area contributed by atoms with Crippen molar-refractivity contribution in [1.29, 1.82) is 0 Å². The monoisotopic (exact) mass is 601 g/mol. The number of ether oxygens (including phenoxy) is 2. The predicted molar refractivity (Wildman–Crippen MR) is 160 cm³/mol. The Morgan fingerprint density at radius 2 is 1.74 bits per heavy atom. The Bertz CT molecular complexity index is 1890. The van der Waals surface area contributed by atoms with Crippen molar-refractivity contribution in [2.24, 2.45) is 0 Å². The number of aromatic nitrogens is 5. The van der Waals surface area contributed by atoms with Gasteiger partial charge in [0.05, 0.1) is 36.7 Å². The number of hydrogen-bond donors (Lipinski definition) is 1. The number of rotatable bonds is 8. The van der Waals surface area contributed by atoms with Crippen molar-refractivity contribution < 1.29 is 22.7 Å². The first kappa shape index (κ1) is 28.4. The summed E-state index contributed by atoms with van der Waals surface area (Å²) < 4.78 is 42.2. The summed E-state index contributed by atoms with van der Waals surface area (Å²) in [5.41, 5.74) is 3.45. The van der Waals surface area contributed by atoms with Gasteiger partial charge in [-0.3, -0.25) is 4.79 Å². The number of amides is 1. The Labute approximate surface area is 248 Å². The van der Waals surface area contributed by atoms with E-state index in [0.717, 1.165) is 16.9 Å². The summed E-state index contributed by atoms with van der Waals surface area (Å²) in [5.74, 6) is 0.960. The minimum absolute atomic E-state index is 0.00199. The second-order valence-electron chi connectivity index (χ2n) is 10.3. The fourth-order valence-corrected chi connectivity index (χ4v) is 6.75. The number of hydrogen-bond acceptors (Lipinski definition) is 8. The minimum atomic E-state index is -3.73. The lowest BCUT2D eigenvalue weighted by molar-refractivity contribution is 0.102. The lowest BCUT2D eigenvalue weighted by Crippen LogP contribution is -2.38. The molecule has 43 heavy (non-hydrogen) atoms. The van der Waals surface area contributed by atoms with Crippen LogP contribution >= 0.6 is 0 Å². The van der Waals surface area contributed by atoms with E-state index in [1.54, 1.807) is 33.7 Å². The predicted octanol–water partition coefficient (Wildman–Crippen LogP) is 4.06. The SMILES string of the molecule is COc1ccc(S(=O)(=O)N2CCC(c3cc(NC(=O)c4cnn5cccnc45)n(-c4ccc(C)cc4)n3)CC2)cc1OC. The van der Waals surface area contributed by atoms with Crippen molar-refractivity contribution in [1.82, 2.24) is 28.7 Å². The maximum Gasteiger partial charge on any atom is 0.262 e. The van der Waals surface area contributed by atoms with Gasteiger partial charge in [-0.15, -0.1) is 0 Å². The molecule has 4 heterocycles. The lowest BCUT2D eigenvalue weighted by Gasteiger charge is -2.30. The third-order valence-electron chi connectivity index (χ3n) is 7.64. The van der Waals surface area contributed by atoms with E-state index in [4.69, 9.17) is 14.6 Å². The number of anilines is 1. The molecule has 5 aromatic rings. The summed E-state index contributed by atoms with van der Waals surface area (Å²) in [6.07, 6.45) is 5.97. The van der Waals surface area contributed by atoms with Gasteiger partial charge in [-0.05, 0) is 50.1 Å². The van der Waals surface area contributed by atoms with Gasteiger partial charge in [0.2, 0.25) is 10.0 Å². The highest BCUT2D eigenvalue weighted by atomic mass is 32.2. The van der Waals surface area contributed by atoms with E-state index in [1.807, 2.05) is 37.3 Å². The van der Waals surface area contributed by atoms with E-state index in [9.17, 15) is 13.2 Å². The Morgan fingerprint density at radius 1 is 1.00 bits per heavy atom. The number of nitrogens with one attached hydrogen (secondary N) is 1. The molecule has 13 heteroatoms. The van der Waals surface area contributed by atoms with E-state index in [1.165, 1.54) is 36.9 Å². The molecule has 1 aliphatic rings. The Morgan fingerprint density at radius 3 is 2.47 bits per heavy atom. The zero-order valence-electron chi connectivity index (χ0n) is 24.0. The van der Waals surface area contributed by atoms with E-state index in [-0.39, 0.29) is 16.7 Å². The van der Waals surface area contributed by atoms with Gasteiger partial charge in [-0.1, -0.05) is 17.7 Å². The first-order valence-electron chi connectivity index (χ1n) is 13.8. The molecule has 0 atom stereocenters. The molecule has 1 amide bonds. The fourth-order valence-electron chi connectivity index (χ4n) is 5.26. The molecule has 222 valence electrons. The van der Waals surface area contributed by atoms with Crippen LogP contribution < -0.4 is 14.8 Å². The standard InChI is InChI=1S/C30H31N7O5S/c1-20-5-7-22(8-6-20)37-28(33-30(38)24-19-32-36-14-4-13-31-29(24)36)18-25(34-37)21-11-15-35(16-12-21)43(39,40)23-9-10-26(41-2)27(17-23)42-3/h4-10,13-14,17-19,21H,11-12,15-16H2,1-3H3,(H,33,38). The van der Waals surface area contributed by atoms with Gasteiger partial charge in [0.15, 0.2) is 17.1 Å². The van der Waals surface area contributed by atoms with Gasteiger partial charge in [0.1, 0.15) is 11.4 Å². The molecule has 1 fully saturated rings.